The highest BCUT2D eigenvalue weighted by Gasteiger charge is 2.41. The molecule has 2 N–H and O–H groups in total. The predicted octanol–water partition coefficient (Wildman–Crippen LogP) is 5.12. The first-order chi connectivity index (χ1) is 19.7. The molecular weight excluding hydrogens is 538 g/mol. The molecule has 3 heterocycles. The van der Waals surface area contributed by atoms with Crippen LogP contribution in [0.2, 0.25) is 5.02 Å². The number of anilines is 1. The molecular formula is C32H34ClN5O3. The van der Waals surface area contributed by atoms with Crippen molar-refractivity contribution in [2.75, 3.05) is 38.5 Å². The van der Waals surface area contributed by atoms with Crippen molar-refractivity contribution in [2.45, 2.75) is 32.4 Å². The lowest BCUT2D eigenvalue weighted by Gasteiger charge is -2.48. The highest BCUT2D eigenvalue weighted by atomic mass is 35.5. The van der Waals surface area contributed by atoms with Crippen LogP contribution >= 0.6 is 11.6 Å². The van der Waals surface area contributed by atoms with E-state index in [1.54, 1.807) is 27.7 Å². The van der Waals surface area contributed by atoms with Crippen LogP contribution in [-0.4, -0.2) is 69.6 Å². The molecule has 2 aliphatic heterocycles. The molecule has 2 fully saturated rings. The van der Waals surface area contributed by atoms with Crippen LogP contribution in [0.5, 0.6) is 5.75 Å². The Kier molecular flexibility index (Phi) is 6.99. The number of carbonyl (C=O) groups is 1. The Morgan fingerprint density at radius 3 is 2.73 bits per heavy atom. The zero-order chi connectivity index (χ0) is 28.9. The normalized spacial score (nSPS) is 18.5. The molecule has 41 heavy (non-hydrogen) atoms. The van der Waals surface area contributed by atoms with E-state index in [1.807, 2.05) is 30.3 Å². The number of likely N-dealkylation sites (N-methyl/N-ethyl adjacent to an activating group) is 1. The minimum absolute atomic E-state index is 0.108. The molecule has 0 saturated carbocycles. The summed E-state index contributed by atoms with van der Waals surface area (Å²) in [6, 6.07) is 15.3. The van der Waals surface area contributed by atoms with Gasteiger partial charge in [0.15, 0.2) is 5.82 Å². The van der Waals surface area contributed by atoms with Gasteiger partial charge in [-0.05, 0) is 73.1 Å². The maximum atomic E-state index is 13.9. The lowest BCUT2D eigenvalue weighted by molar-refractivity contribution is -0.137. The monoisotopic (exact) mass is 571 g/mol. The van der Waals surface area contributed by atoms with Crippen molar-refractivity contribution in [1.29, 1.82) is 0 Å². The van der Waals surface area contributed by atoms with Crippen LogP contribution in [0.4, 0.5) is 5.82 Å². The van der Waals surface area contributed by atoms with E-state index in [0.717, 1.165) is 41.3 Å². The molecule has 0 spiro atoms. The lowest BCUT2D eigenvalue weighted by Crippen LogP contribution is -2.58. The maximum Gasteiger partial charge on any atom is 0.293 e. The zero-order valence-corrected chi connectivity index (χ0v) is 24.1. The van der Waals surface area contributed by atoms with Gasteiger partial charge in [0, 0.05) is 43.2 Å². The van der Waals surface area contributed by atoms with Gasteiger partial charge in [-0.25, -0.2) is 4.98 Å². The number of aromatic hydroxyl groups is 1. The average molecular weight is 572 g/mol. The van der Waals surface area contributed by atoms with Gasteiger partial charge in [0.05, 0.1) is 16.1 Å². The van der Waals surface area contributed by atoms with Crippen LogP contribution in [0.1, 0.15) is 19.8 Å². The number of fused-ring (bicyclic) bond motifs is 2. The Morgan fingerprint density at radius 1 is 1.22 bits per heavy atom. The molecule has 3 aromatic carbocycles. The second-order valence-electron chi connectivity index (χ2n) is 11.8. The SMILES string of the molecule is C=CC(=O)N1CC(C)(Cn2c(=O)c(NC[C@@H]3CCCN3C)nc3cc(-c4cc(O)cc5ccccc45)c(Cl)cc32)C1. The van der Waals surface area contributed by atoms with E-state index in [2.05, 4.69) is 30.8 Å². The Morgan fingerprint density at radius 2 is 2.00 bits per heavy atom. The van der Waals surface area contributed by atoms with Gasteiger partial charge in [-0.15, -0.1) is 0 Å². The number of phenolic OH excluding ortho intramolecular Hbond substituents is 1. The third kappa shape index (κ3) is 5.06. The van der Waals surface area contributed by atoms with Crippen molar-refractivity contribution >= 4 is 45.1 Å². The number of nitrogens with one attached hydrogen (secondary N) is 1. The minimum atomic E-state index is -0.285. The summed E-state index contributed by atoms with van der Waals surface area (Å²) in [5.74, 6) is 0.338. The summed E-state index contributed by atoms with van der Waals surface area (Å²) in [5, 5.41) is 16.1. The van der Waals surface area contributed by atoms with Crippen LogP contribution in [0.25, 0.3) is 32.9 Å². The van der Waals surface area contributed by atoms with Gasteiger partial charge in [-0.3, -0.25) is 9.59 Å². The van der Waals surface area contributed by atoms with Crippen molar-refractivity contribution < 1.29 is 9.90 Å². The fraction of sp³-hybridized carbons (Fsp3) is 0.344. The van der Waals surface area contributed by atoms with Crippen LogP contribution in [0.15, 0.2) is 66.0 Å². The number of aromatic nitrogens is 2. The summed E-state index contributed by atoms with van der Waals surface area (Å²) < 4.78 is 1.75. The van der Waals surface area contributed by atoms with Crippen LogP contribution in [0, 0.1) is 5.41 Å². The lowest BCUT2D eigenvalue weighted by atomic mass is 9.81. The first kappa shape index (κ1) is 27.3. The fourth-order valence-corrected chi connectivity index (χ4v) is 6.61. The van der Waals surface area contributed by atoms with Crippen molar-refractivity contribution in [2.24, 2.45) is 5.41 Å². The number of likely N-dealkylation sites (tertiary alicyclic amines) is 2. The van der Waals surface area contributed by atoms with Gasteiger partial charge in [-0.2, -0.15) is 0 Å². The molecule has 0 unspecified atom stereocenters. The summed E-state index contributed by atoms with van der Waals surface area (Å²) in [6.45, 7) is 8.81. The highest BCUT2D eigenvalue weighted by Crippen LogP contribution is 2.39. The van der Waals surface area contributed by atoms with Crippen molar-refractivity contribution in [3.63, 3.8) is 0 Å². The number of benzene rings is 3. The molecule has 1 amide bonds. The first-order valence-electron chi connectivity index (χ1n) is 14.0. The van der Waals surface area contributed by atoms with E-state index >= 15 is 0 Å². The number of phenols is 1. The molecule has 6 rings (SSSR count). The standard InChI is InChI=1S/C32H34ClN5O3/c1-4-29(40)37-17-32(2,18-37)19-38-28-15-26(33)25(24-13-22(39)12-20-8-5-6-10-23(20)24)14-27(28)35-30(31(38)41)34-16-21-9-7-11-36(21)3/h4-6,8,10,12-15,21,39H,1,7,9,11,16-19H2,2-3H3,(H,34,35)/t21-/m0/s1. The van der Waals surface area contributed by atoms with Gasteiger partial charge in [-0.1, -0.05) is 49.4 Å². The van der Waals surface area contributed by atoms with E-state index in [9.17, 15) is 14.7 Å². The first-order valence-corrected chi connectivity index (χ1v) is 14.4. The third-order valence-electron chi connectivity index (χ3n) is 8.52. The fourth-order valence-electron chi connectivity index (χ4n) is 6.35. The smallest absolute Gasteiger partial charge is 0.293 e. The van der Waals surface area contributed by atoms with E-state index in [0.29, 0.717) is 54.1 Å². The van der Waals surface area contributed by atoms with Crippen LogP contribution < -0.4 is 10.9 Å². The molecule has 9 heteroatoms. The van der Waals surface area contributed by atoms with E-state index in [4.69, 9.17) is 16.6 Å². The van der Waals surface area contributed by atoms with E-state index in [-0.39, 0.29) is 22.6 Å². The zero-order valence-electron chi connectivity index (χ0n) is 23.4. The number of amides is 1. The number of carbonyl (C=O) groups excluding carboxylic acids is 1. The molecule has 2 saturated heterocycles. The predicted molar refractivity (Wildman–Crippen MR) is 165 cm³/mol. The Bertz CT molecular complexity index is 1740. The Hall–Kier alpha value is -3.88. The Balaban J connectivity index is 1.46. The summed E-state index contributed by atoms with van der Waals surface area (Å²) in [5.41, 5.74) is 2.28. The second kappa shape index (κ2) is 10.5. The molecule has 0 radical (unpaired) electrons. The molecule has 1 atom stereocenters. The molecule has 212 valence electrons. The summed E-state index contributed by atoms with van der Waals surface area (Å²) in [7, 11) is 2.10. The molecule has 8 nitrogen and oxygen atoms in total. The average Bonchev–Trinajstić information content (AvgIpc) is 3.35. The summed E-state index contributed by atoms with van der Waals surface area (Å²) in [6.07, 6.45) is 3.53. The van der Waals surface area contributed by atoms with E-state index in [1.165, 1.54) is 6.08 Å². The second-order valence-corrected chi connectivity index (χ2v) is 12.2. The van der Waals surface area contributed by atoms with Crippen molar-refractivity contribution in [3.8, 4) is 16.9 Å². The number of rotatable bonds is 7. The molecule has 1 aromatic heterocycles. The third-order valence-corrected chi connectivity index (χ3v) is 8.83. The van der Waals surface area contributed by atoms with Crippen LogP contribution in [0.3, 0.4) is 0 Å². The number of hydrogen-bond donors (Lipinski definition) is 2. The maximum absolute atomic E-state index is 13.9. The molecule has 2 aliphatic rings. The number of halogens is 1. The van der Waals surface area contributed by atoms with Crippen molar-refractivity contribution in [1.82, 2.24) is 19.4 Å². The largest absolute Gasteiger partial charge is 0.508 e. The van der Waals surface area contributed by atoms with Gasteiger partial charge < -0.3 is 24.8 Å². The highest BCUT2D eigenvalue weighted by molar-refractivity contribution is 6.34. The Labute approximate surface area is 243 Å². The van der Waals surface area contributed by atoms with Gasteiger partial charge >= 0.3 is 0 Å². The topological polar surface area (TPSA) is 90.7 Å². The van der Waals surface area contributed by atoms with Gasteiger partial charge in [0.2, 0.25) is 5.91 Å². The van der Waals surface area contributed by atoms with Crippen LogP contribution in [-0.2, 0) is 11.3 Å². The molecule has 0 bridgehead atoms. The molecule has 4 aromatic rings. The quantitative estimate of drug-likeness (QED) is 0.299. The molecule has 0 aliphatic carbocycles. The van der Waals surface area contributed by atoms with Crippen molar-refractivity contribution in [3.05, 3.63) is 76.6 Å². The van der Waals surface area contributed by atoms with Gasteiger partial charge in [0.1, 0.15) is 5.75 Å². The number of hydrogen-bond acceptors (Lipinski definition) is 6. The minimum Gasteiger partial charge on any atom is -0.508 e. The summed E-state index contributed by atoms with van der Waals surface area (Å²) >= 11 is 6.91. The summed E-state index contributed by atoms with van der Waals surface area (Å²) in [4.78, 5) is 34.9. The van der Waals surface area contributed by atoms with Gasteiger partial charge in [0.25, 0.3) is 5.56 Å². The number of nitrogens with zero attached hydrogens (tertiary/aromatic N) is 4. The van der Waals surface area contributed by atoms with E-state index < -0.39 is 0 Å².